The summed E-state index contributed by atoms with van der Waals surface area (Å²) in [5, 5.41) is 14.1. The maximum atomic E-state index is 13.3. The average molecular weight is 432 g/mol. The summed E-state index contributed by atoms with van der Waals surface area (Å²) in [5.41, 5.74) is 2.37. The largest absolute Gasteiger partial charge is 0.497 e. The van der Waals surface area contributed by atoms with Crippen molar-refractivity contribution in [3.63, 3.8) is 0 Å². The molecular formula is C25H24N2O5. The number of nitrogens with one attached hydrogen (secondary N) is 1. The molecule has 7 heteroatoms. The molecule has 0 bridgehead atoms. The molecule has 0 aromatic heterocycles. The Bertz CT molecular complexity index is 1140. The number of carbonyl (C=O) groups excluding carboxylic acids is 1. The molecule has 0 radical (unpaired) electrons. The normalized spacial score (nSPS) is 12.0. The van der Waals surface area contributed by atoms with Crippen molar-refractivity contribution in [1.29, 1.82) is 0 Å². The van der Waals surface area contributed by atoms with Gasteiger partial charge >= 0.3 is 0 Å². The van der Waals surface area contributed by atoms with Crippen LogP contribution in [0.15, 0.2) is 72.8 Å². The van der Waals surface area contributed by atoms with Gasteiger partial charge in [0.2, 0.25) is 0 Å². The first-order valence-corrected chi connectivity index (χ1v) is 9.97. The van der Waals surface area contributed by atoms with Crippen LogP contribution in [0.3, 0.4) is 0 Å². The van der Waals surface area contributed by atoms with Crippen LogP contribution in [0, 0.1) is 10.1 Å². The predicted molar refractivity (Wildman–Crippen MR) is 124 cm³/mol. The van der Waals surface area contributed by atoms with E-state index in [1.54, 1.807) is 44.6 Å². The SMILES string of the molecule is COc1ccc(OC)c([C@@H](C)NC(=O)/C(=C/c2cccc([N+](=O)[O-])c2)c2ccccc2)c1. The van der Waals surface area contributed by atoms with E-state index in [-0.39, 0.29) is 17.6 Å². The smallest absolute Gasteiger partial charge is 0.270 e. The first-order chi connectivity index (χ1) is 15.4. The van der Waals surface area contributed by atoms with Crippen LogP contribution in [-0.2, 0) is 4.79 Å². The van der Waals surface area contributed by atoms with Gasteiger partial charge in [0.05, 0.1) is 25.2 Å². The minimum Gasteiger partial charge on any atom is -0.497 e. The first kappa shape index (κ1) is 22.6. The predicted octanol–water partition coefficient (Wildman–Crippen LogP) is 5.03. The Hall–Kier alpha value is -4.13. The van der Waals surface area contributed by atoms with Gasteiger partial charge in [-0.05, 0) is 42.3 Å². The van der Waals surface area contributed by atoms with E-state index in [2.05, 4.69) is 5.32 Å². The zero-order valence-electron chi connectivity index (χ0n) is 18.1. The van der Waals surface area contributed by atoms with Crippen LogP contribution in [-0.4, -0.2) is 25.1 Å². The molecule has 0 saturated heterocycles. The van der Waals surface area contributed by atoms with E-state index in [4.69, 9.17) is 9.47 Å². The number of amides is 1. The highest BCUT2D eigenvalue weighted by Gasteiger charge is 2.19. The number of hydrogen-bond acceptors (Lipinski definition) is 5. The molecule has 3 aromatic carbocycles. The third-order valence-corrected chi connectivity index (χ3v) is 4.97. The average Bonchev–Trinajstić information content (AvgIpc) is 2.82. The Morgan fingerprint density at radius 1 is 1.00 bits per heavy atom. The molecule has 0 heterocycles. The minimum absolute atomic E-state index is 0.0407. The number of nitro benzene ring substituents is 1. The number of nitro groups is 1. The van der Waals surface area contributed by atoms with E-state index in [0.29, 0.717) is 28.2 Å². The van der Waals surface area contributed by atoms with Crippen LogP contribution in [0.1, 0.15) is 29.7 Å². The number of non-ortho nitro benzene ring substituents is 1. The summed E-state index contributed by atoms with van der Waals surface area (Å²) in [6, 6.07) is 20.3. The van der Waals surface area contributed by atoms with E-state index in [1.807, 2.05) is 43.3 Å². The standard InChI is InChI=1S/C25H24N2O5/c1-17(22-16-21(31-2)12-13-24(22)32-3)26-25(28)23(19-9-5-4-6-10-19)15-18-8-7-11-20(14-18)27(29)30/h4-17H,1-3H3,(H,26,28)/b23-15+/t17-/m1/s1. The summed E-state index contributed by atoms with van der Waals surface area (Å²) in [4.78, 5) is 24.0. The van der Waals surface area contributed by atoms with Crippen molar-refractivity contribution in [2.75, 3.05) is 14.2 Å². The molecule has 1 amide bonds. The maximum Gasteiger partial charge on any atom is 0.270 e. The van der Waals surface area contributed by atoms with E-state index in [9.17, 15) is 14.9 Å². The summed E-state index contributed by atoms with van der Waals surface area (Å²) >= 11 is 0. The van der Waals surface area contributed by atoms with Crippen molar-refractivity contribution in [2.45, 2.75) is 13.0 Å². The number of rotatable bonds is 8. The van der Waals surface area contributed by atoms with Gasteiger partial charge in [0.25, 0.3) is 11.6 Å². The third kappa shape index (κ3) is 5.31. The molecule has 0 unspecified atom stereocenters. The van der Waals surface area contributed by atoms with Crippen molar-refractivity contribution in [3.8, 4) is 11.5 Å². The minimum atomic E-state index is -0.462. The van der Waals surface area contributed by atoms with Gasteiger partial charge in [0, 0.05) is 23.3 Å². The van der Waals surface area contributed by atoms with E-state index in [1.165, 1.54) is 12.1 Å². The lowest BCUT2D eigenvalue weighted by Crippen LogP contribution is -2.27. The fourth-order valence-corrected chi connectivity index (χ4v) is 3.32. The van der Waals surface area contributed by atoms with E-state index in [0.717, 1.165) is 5.56 Å². The summed E-state index contributed by atoms with van der Waals surface area (Å²) in [5.74, 6) is 0.958. The number of carbonyl (C=O) groups is 1. The van der Waals surface area contributed by atoms with Gasteiger partial charge in [-0.15, -0.1) is 0 Å². The monoisotopic (exact) mass is 432 g/mol. The maximum absolute atomic E-state index is 13.3. The first-order valence-electron chi connectivity index (χ1n) is 9.97. The molecular weight excluding hydrogens is 408 g/mol. The molecule has 0 aliphatic carbocycles. The van der Waals surface area contributed by atoms with Crippen molar-refractivity contribution in [2.24, 2.45) is 0 Å². The molecule has 0 aliphatic rings. The molecule has 0 fully saturated rings. The highest BCUT2D eigenvalue weighted by molar-refractivity contribution is 6.24. The van der Waals surface area contributed by atoms with Gasteiger partial charge in [0.1, 0.15) is 11.5 Å². The van der Waals surface area contributed by atoms with E-state index >= 15 is 0 Å². The molecule has 1 atom stereocenters. The van der Waals surface area contributed by atoms with Gasteiger partial charge < -0.3 is 14.8 Å². The quantitative estimate of drug-likeness (QED) is 0.233. The van der Waals surface area contributed by atoms with E-state index < -0.39 is 4.92 Å². The van der Waals surface area contributed by atoms with Gasteiger partial charge in [-0.2, -0.15) is 0 Å². The Morgan fingerprint density at radius 3 is 2.41 bits per heavy atom. The second-order valence-corrected chi connectivity index (χ2v) is 7.08. The number of methoxy groups -OCH3 is 2. The van der Waals surface area contributed by atoms with Crippen LogP contribution >= 0.6 is 0 Å². The summed E-state index contributed by atoms with van der Waals surface area (Å²) in [7, 11) is 3.14. The molecule has 32 heavy (non-hydrogen) atoms. The van der Waals surface area contributed by atoms with Gasteiger partial charge in [-0.3, -0.25) is 14.9 Å². The van der Waals surface area contributed by atoms with Crippen molar-refractivity contribution in [3.05, 3.63) is 99.6 Å². The van der Waals surface area contributed by atoms with Crippen LogP contribution < -0.4 is 14.8 Å². The Morgan fingerprint density at radius 2 is 1.75 bits per heavy atom. The Balaban J connectivity index is 1.97. The summed E-state index contributed by atoms with van der Waals surface area (Å²) < 4.78 is 10.7. The lowest BCUT2D eigenvalue weighted by atomic mass is 10.0. The molecule has 3 rings (SSSR count). The number of nitrogens with zero attached hydrogens (tertiary/aromatic N) is 1. The highest BCUT2D eigenvalue weighted by Crippen LogP contribution is 2.30. The van der Waals surface area contributed by atoms with Crippen molar-refractivity contribution >= 4 is 23.2 Å². The second-order valence-electron chi connectivity index (χ2n) is 7.08. The number of benzene rings is 3. The molecule has 164 valence electrons. The number of hydrogen-bond donors (Lipinski definition) is 1. The second kappa shape index (κ2) is 10.3. The van der Waals surface area contributed by atoms with Gasteiger partial charge in [-0.25, -0.2) is 0 Å². The Kier molecular flexibility index (Phi) is 7.23. The zero-order chi connectivity index (χ0) is 23.1. The molecule has 1 N–H and O–H groups in total. The molecule has 0 aliphatic heterocycles. The Labute approximate surface area is 186 Å². The molecule has 7 nitrogen and oxygen atoms in total. The van der Waals surface area contributed by atoms with Crippen molar-refractivity contribution < 1.29 is 19.2 Å². The fourth-order valence-electron chi connectivity index (χ4n) is 3.32. The lowest BCUT2D eigenvalue weighted by molar-refractivity contribution is -0.384. The van der Waals surface area contributed by atoms with Crippen LogP contribution in [0.4, 0.5) is 5.69 Å². The van der Waals surface area contributed by atoms with Gasteiger partial charge in [-0.1, -0.05) is 42.5 Å². The topological polar surface area (TPSA) is 90.7 Å². The fraction of sp³-hybridized carbons (Fsp3) is 0.160. The lowest BCUT2D eigenvalue weighted by Gasteiger charge is -2.19. The van der Waals surface area contributed by atoms with Crippen molar-refractivity contribution in [1.82, 2.24) is 5.32 Å². The van der Waals surface area contributed by atoms with Crippen LogP contribution in [0.2, 0.25) is 0 Å². The highest BCUT2D eigenvalue weighted by atomic mass is 16.6. The van der Waals surface area contributed by atoms with Crippen LogP contribution in [0.5, 0.6) is 11.5 Å². The third-order valence-electron chi connectivity index (χ3n) is 4.97. The van der Waals surface area contributed by atoms with Gasteiger partial charge in [0.15, 0.2) is 0 Å². The summed E-state index contributed by atoms with van der Waals surface area (Å²) in [6.07, 6.45) is 1.65. The molecule has 0 saturated carbocycles. The zero-order valence-corrected chi connectivity index (χ0v) is 18.1. The summed E-state index contributed by atoms with van der Waals surface area (Å²) in [6.45, 7) is 1.85. The molecule has 3 aromatic rings. The number of ether oxygens (including phenoxy) is 2. The molecule has 0 spiro atoms. The van der Waals surface area contributed by atoms with Crippen LogP contribution in [0.25, 0.3) is 11.6 Å².